The number of rotatable bonds is 6. The van der Waals surface area contributed by atoms with E-state index in [0.717, 1.165) is 33.3 Å². The number of ether oxygens (including phenoxy) is 1. The fourth-order valence-corrected chi connectivity index (χ4v) is 3.65. The molecule has 2 aromatic carbocycles. The molecule has 3 rings (SSSR count). The van der Waals surface area contributed by atoms with Gasteiger partial charge in [-0.2, -0.15) is 4.98 Å². The van der Waals surface area contributed by atoms with Gasteiger partial charge in [0.1, 0.15) is 5.75 Å². The lowest BCUT2D eigenvalue weighted by atomic mass is 10.1. The van der Waals surface area contributed by atoms with E-state index < -0.39 is 0 Å². The molecule has 0 unspecified atom stereocenters. The van der Waals surface area contributed by atoms with E-state index >= 15 is 0 Å². The summed E-state index contributed by atoms with van der Waals surface area (Å²) in [6.45, 7) is 8.36. The third-order valence-electron chi connectivity index (χ3n) is 4.10. The van der Waals surface area contributed by atoms with E-state index in [1.807, 2.05) is 43.3 Å². The summed E-state index contributed by atoms with van der Waals surface area (Å²) in [5.74, 6) is 2.44. The van der Waals surface area contributed by atoms with Gasteiger partial charge in [0.25, 0.3) is 0 Å². The molecule has 0 spiro atoms. The van der Waals surface area contributed by atoms with Crippen LogP contribution in [0.2, 0.25) is 5.02 Å². The van der Waals surface area contributed by atoms with Gasteiger partial charge in [-0.15, -0.1) is 0 Å². The van der Waals surface area contributed by atoms with Gasteiger partial charge in [0.15, 0.2) is 5.16 Å². The van der Waals surface area contributed by atoms with Gasteiger partial charge < -0.3 is 4.74 Å². The summed E-state index contributed by atoms with van der Waals surface area (Å²) in [5.41, 5.74) is 4.41. The van der Waals surface area contributed by atoms with Crippen molar-refractivity contribution in [2.45, 2.75) is 44.5 Å². The second kappa shape index (κ2) is 8.77. The van der Waals surface area contributed by atoms with Crippen LogP contribution in [0.1, 0.15) is 42.1 Å². The number of hydrogen-bond donors (Lipinski definition) is 0. The molecule has 0 radical (unpaired) electrons. The van der Waals surface area contributed by atoms with Crippen molar-refractivity contribution in [3.8, 4) is 11.6 Å². The Kier molecular flexibility index (Phi) is 6.40. The number of aryl methyl sites for hydroxylation is 2. The smallest absolute Gasteiger partial charge is 0.223 e. The molecule has 1 heterocycles. The van der Waals surface area contributed by atoms with Gasteiger partial charge in [0.05, 0.1) is 5.69 Å². The Morgan fingerprint density at radius 1 is 1.04 bits per heavy atom. The molecule has 140 valence electrons. The van der Waals surface area contributed by atoms with E-state index in [2.05, 4.69) is 42.9 Å². The normalized spacial score (nSPS) is 11.0. The number of hydrogen-bond acceptors (Lipinski definition) is 4. The highest BCUT2D eigenvalue weighted by Crippen LogP contribution is 2.29. The summed E-state index contributed by atoms with van der Waals surface area (Å²) in [4.78, 5) is 9.30. The van der Waals surface area contributed by atoms with Gasteiger partial charge in [0.2, 0.25) is 5.88 Å². The molecular formula is C22H23ClN2OS. The predicted molar refractivity (Wildman–Crippen MR) is 113 cm³/mol. The summed E-state index contributed by atoms with van der Waals surface area (Å²) >= 11 is 7.66. The van der Waals surface area contributed by atoms with Gasteiger partial charge in [0, 0.05) is 16.8 Å². The number of thioether (sulfide) groups is 1. The van der Waals surface area contributed by atoms with Crippen LogP contribution < -0.4 is 4.74 Å². The predicted octanol–water partition coefficient (Wildman–Crippen LogP) is 6.95. The van der Waals surface area contributed by atoms with Crippen molar-refractivity contribution in [3.63, 3.8) is 0 Å². The minimum Gasteiger partial charge on any atom is -0.439 e. The molecule has 1 aromatic heterocycles. The minimum absolute atomic E-state index is 0.292. The Bertz CT molecular complexity index is 943. The van der Waals surface area contributed by atoms with Crippen molar-refractivity contribution < 1.29 is 4.74 Å². The van der Waals surface area contributed by atoms with Crippen LogP contribution in [0.25, 0.3) is 0 Å². The van der Waals surface area contributed by atoms with Crippen LogP contribution in [-0.2, 0) is 5.75 Å². The van der Waals surface area contributed by atoms with Crippen LogP contribution in [0.15, 0.2) is 53.7 Å². The Morgan fingerprint density at radius 3 is 2.56 bits per heavy atom. The molecule has 0 N–H and O–H groups in total. The molecule has 0 aliphatic heterocycles. The number of nitrogens with zero attached hydrogens (tertiary/aromatic N) is 2. The first-order valence-corrected chi connectivity index (χ1v) is 10.3. The molecular weight excluding hydrogens is 376 g/mol. The first-order chi connectivity index (χ1) is 12.9. The van der Waals surface area contributed by atoms with Crippen molar-refractivity contribution in [1.82, 2.24) is 9.97 Å². The molecule has 0 amide bonds. The van der Waals surface area contributed by atoms with Gasteiger partial charge in [-0.05, 0) is 49.1 Å². The molecule has 0 saturated carbocycles. The molecule has 27 heavy (non-hydrogen) atoms. The zero-order valence-corrected chi connectivity index (χ0v) is 17.6. The van der Waals surface area contributed by atoms with Crippen LogP contribution in [0.5, 0.6) is 11.6 Å². The number of halogens is 1. The molecule has 0 saturated heterocycles. The number of aromatic nitrogens is 2. The lowest BCUT2D eigenvalue weighted by Gasteiger charge is -2.12. The van der Waals surface area contributed by atoms with Crippen molar-refractivity contribution in [2.75, 3.05) is 0 Å². The van der Waals surface area contributed by atoms with Crippen molar-refractivity contribution >= 4 is 23.4 Å². The molecule has 0 bridgehead atoms. The third-order valence-corrected chi connectivity index (χ3v) is 5.25. The van der Waals surface area contributed by atoms with E-state index in [0.29, 0.717) is 17.0 Å². The molecule has 0 aliphatic carbocycles. The van der Waals surface area contributed by atoms with Crippen LogP contribution in [0.3, 0.4) is 0 Å². The van der Waals surface area contributed by atoms with Gasteiger partial charge in [-0.1, -0.05) is 67.0 Å². The average molecular weight is 399 g/mol. The minimum atomic E-state index is 0.292. The first kappa shape index (κ1) is 19.7. The summed E-state index contributed by atoms with van der Waals surface area (Å²) in [7, 11) is 0. The summed E-state index contributed by atoms with van der Waals surface area (Å²) in [5, 5.41) is 1.45. The van der Waals surface area contributed by atoms with Gasteiger partial charge in [-0.3, -0.25) is 0 Å². The van der Waals surface area contributed by atoms with E-state index in [1.54, 1.807) is 11.8 Å². The molecule has 0 fully saturated rings. The van der Waals surface area contributed by atoms with E-state index in [4.69, 9.17) is 16.3 Å². The lowest BCUT2D eigenvalue weighted by Crippen LogP contribution is -2.00. The molecule has 0 aliphatic rings. The van der Waals surface area contributed by atoms with Crippen molar-refractivity contribution in [1.29, 1.82) is 0 Å². The van der Waals surface area contributed by atoms with E-state index in [-0.39, 0.29) is 0 Å². The SMILES string of the molecule is Cc1ccc(Oc2cc(C(C)C)nc(SCc3cccc(Cl)c3)n2)c(C)c1. The highest BCUT2D eigenvalue weighted by atomic mass is 35.5. The fraction of sp³-hybridized carbons (Fsp3) is 0.273. The maximum atomic E-state index is 6.08. The van der Waals surface area contributed by atoms with Crippen molar-refractivity contribution in [2.24, 2.45) is 0 Å². The molecule has 5 heteroatoms. The Balaban J connectivity index is 1.83. The Labute approximate surface area is 170 Å². The van der Waals surface area contributed by atoms with Crippen molar-refractivity contribution in [3.05, 3.63) is 75.9 Å². The summed E-state index contributed by atoms with van der Waals surface area (Å²) < 4.78 is 6.08. The molecule has 0 atom stereocenters. The van der Waals surface area contributed by atoms with Gasteiger partial charge in [-0.25, -0.2) is 4.98 Å². The molecule has 3 nitrogen and oxygen atoms in total. The van der Waals surface area contributed by atoms with Crippen LogP contribution >= 0.6 is 23.4 Å². The highest BCUT2D eigenvalue weighted by molar-refractivity contribution is 7.98. The largest absolute Gasteiger partial charge is 0.439 e. The maximum absolute atomic E-state index is 6.08. The van der Waals surface area contributed by atoms with Crippen LogP contribution in [0, 0.1) is 13.8 Å². The third kappa shape index (κ3) is 5.47. The molecule has 3 aromatic rings. The first-order valence-electron chi connectivity index (χ1n) is 8.92. The summed E-state index contributed by atoms with van der Waals surface area (Å²) in [6.07, 6.45) is 0. The summed E-state index contributed by atoms with van der Waals surface area (Å²) in [6, 6.07) is 15.9. The Morgan fingerprint density at radius 2 is 1.85 bits per heavy atom. The second-order valence-corrected chi connectivity index (χ2v) is 8.24. The second-order valence-electron chi connectivity index (χ2n) is 6.86. The van der Waals surface area contributed by atoms with Gasteiger partial charge >= 0.3 is 0 Å². The quantitative estimate of drug-likeness (QED) is 0.332. The van der Waals surface area contributed by atoms with Crippen LogP contribution in [0.4, 0.5) is 0 Å². The van der Waals surface area contributed by atoms with Crippen LogP contribution in [-0.4, -0.2) is 9.97 Å². The monoisotopic (exact) mass is 398 g/mol. The van der Waals surface area contributed by atoms with E-state index in [9.17, 15) is 0 Å². The standard InChI is InChI=1S/C22H23ClN2OS/c1-14(2)19-12-21(26-20-9-8-15(3)10-16(20)4)25-22(24-19)27-13-17-6-5-7-18(23)11-17/h5-12,14H,13H2,1-4H3. The maximum Gasteiger partial charge on any atom is 0.223 e. The topological polar surface area (TPSA) is 35.0 Å². The van der Waals surface area contributed by atoms with E-state index in [1.165, 1.54) is 5.56 Å². The zero-order chi connectivity index (χ0) is 19.4. The average Bonchev–Trinajstić information content (AvgIpc) is 2.62. The highest BCUT2D eigenvalue weighted by Gasteiger charge is 2.11. The fourth-order valence-electron chi connectivity index (χ4n) is 2.63. The Hall–Kier alpha value is -2.04. The lowest BCUT2D eigenvalue weighted by molar-refractivity contribution is 0.449. The number of benzene rings is 2. The zero-order valence-electron chi connectivity index (χ0n) is 16.0.